The van der Waals surface area contributed by atoms with Crippen LogP contribution in [-0.2, 0) is 0 Å². The Morgan fingerprint density at radius 3 is 2.35 bits per heavy atom. The first-order valence-electron chi connectivity index (χ1n) is 11.0. The summed E-state index contributed by atoms with van der Waals surface area (Å²) in [6.45, 7) is 6.70. The van der Waals surface area contributed by atoms with E-state index in [2.05, 4.69) is 17.3 Å². The standard InChI is InChI=1S/C24H28N4O3/c1-3-4-11-28-23(30)20-10-5-17(16-21(20)24(28)31)22(29)25-18-6-8-19(9-7-18)27-14-12-26(2)13-15-27/h5-10,16H,3-4,11-15H2,1-2H3,(H,25,29)/p+1. The number of carbonyl (C=O) groups excluding carboxylic acids is 3. The quantitative estimate of drug-likeness (QED) is 0.696. The van der Waals surface area contributed by atoms with Crippen LogP contribution in [0.3, 0.4) is 0 Å². The molecule has 0 aliphatic carbocycles. The molecule has 2 N–H and O–H groups in total. The van der Waals surface area contributed by atoms with Crippen LogP contribution in [0.4, 0.5) is 11.4 Å². The summed E-state index contributed by atoms with van der Waals surface area (Å²) in [4.78, 5) is 43.0. The molecule has 2 aromatic carbocycles. The van der Waals surface area contributed by atoms with Gasteiger partial charge in [0, 0.05) is 23.5 Å². The summed E-state index contributed by atoms with van der Waals surface area (Å²) in [7, 11) is 2.21. The molecule has 1 fully saturated rings. The van der Waals surface area contributed by atoms with Crippen molar-refractivity contribution in [2.75, 3.05) is 50.0 Å². The van der Waals surface area contributed by atoms with E-state index in [4.69, 9.17) is 0 Å². The molecule has 3 amide bonds. The Kier molecular flexibility index (Phi) is 6.04. The molecule has 0 unspecified atom stereocenters. The Morgan fingerprint density at radius 1 is 1.00 bits per heavy atom. The lowest BCUT2D eigenvalue weighted by molar-refractivity contribution is -0.880. The highest BCUT2D eigenvalue weighted by molar-refractivity contribution is 6.22. The van der Waals surface area contributed by atoms with Crippen LogP contribution >= 0.6 is 0 Å². The third-order valence-corrected chi connectivity index (χ3v) is 6.08. The summed E-state index contributed by atoms with van der Waals surface area (Å²) in [6.07, 6.45) is 1.67. The van der Waals surface area contributed by atoms with E-state index in [9.17, 15) is 14.4 Å². The van der Waals surface area contributed by atoms with Crippen LogP contribution in [-0.4, -0.2) is 62.4 Å². The second-order valence-electron chi connectivity index (χ2n) is 8.32. The molecule has 31 heavy (non-hydrogen) atoms. The van der Waals surface area contributed by atoms with Crippen molar-refractivity contribution in [2.45, 2.75) is 19.8 Å². The number of hydrogen-bond donors (Lipinski definition) is 2. The van der Waals surface area contributed by atoms with E-state index < -0.39 is 0 Å². The molecule has 7 nitrogen and oxygen atoms in total. The fourth-order valence-corrected chi connectivity index (χ4v) is 4.06. The van der Waals surface area contributed by atoms with Gasteiger partial charge in [-0.3, -0.25) is 19.3 Å². The summed E-state index contributed by atoms with van der Waals surface area (Å²) in [5.74, 6) is -0.894. The molecule has 0 atom stereocenters. The highest BCUT2D eigenvalue weighted by atomic mass is 16.2. The molecule has 162 valence electrons. The van der Waals surface area contributed by atoms with Crippen molar-refractivity contribution in [1.82, 2.24) is 4.90 Å². The van der Waals surface area contributed by atoms with Crippen LogP contribution in [0.5, 0.6) is 0 Å². The fraction of sp³-hybridized carbons (Fsp3) is 0.375. The van der Waals surface area contributed by atoms with Crippen molar-refractivity contribution in [2.24, 2.45) is 0 Å². The smallest absolute Gasteiger partial charge is 0.261 e. The zero-order valence-corrected chi connectivity index (χ0v) is 18.1. The number of likely N-dealkylation sites (N-methyl/N-ethyl adjacent to an activating group) is 1. The van der Waals surface area contributed by atoms with Crippen molar-refractivity contribution in [3.63, 3.8) is 0 Å². The molecule has 4 rings (SSSR count). The SMILES string of the molecule is CCCCN1C(=O)c2ccc(C(=O)Nc3ccc(N4CC[NH+](C)CC4)cc3)cc2C1=O. The number of amides is 3. The lowest BCUT2D eigenvalue weighted by Crippen LogP contribution is -3.12. The van der Waals surface area contributed by atoms with E-state index in [1.165, 1.54) is 11.0 Å². The number of piperazine rings is 1. The average molecular weight is 422 g/mol. The van der Waals surface area contributed by atoms with Crippen molar-refractivity contribution < 1.29 is 19.3 Å². The van der Waals surface area contributed by atoms with E-state index in [1.54, 1.807) is 17.0 Å². The predicted octanol–water partition coefficient (Wildman–Crippen LogP) is 1.67. The Hall–Kier alpha value is -3.19. The van der Waals surface area contributed by atoms with Crippen molar-refractivity contribution in [1.29, 1.82) is 0 Å². The van der Waals surface area contributed by atoms with Gasteiger partial charge in [0.1, 0.15) is 0 Å². The first kappa shape index (κ1) is 21.1. The van der Waals surface area contributed by atoms with Gasteiger partial charge in [-0.15, -0.1) is 0 Å². The molecule has 2 heterocycles. The van der Waals surface area contributed by atoms with Crippen LogP contribution in [0.1, 0.15) is 50.8 Å². The molecular formula is C24H29N4O3+. The van der Waals surface area contributed by atoms with Gasteiger partial charge in [0.25, 0.3) is 17.7 Å². The highest BCUT2D eigenvalue weighted by Gasteiger charge is 2.35. The van der Waals surface area contributed by atoms with Gasteiger partial charge in [-0.1, -0.05) is 13.3 Å². The van der Waals surface area contributed by atoms with Crippen molar-refractivity contribution in [3.8, 4) is 0 Å². The van der Waals surface area contributed by atoms with Crippen LogP contribution in [0.25, 0.3) is 0 Å². The van der Waals surface area contributed by atoms with Crippen LogP contribution in [0, 0.1) is 0 Å². The summed E-state index contributed by atoms with van der Waals surface area (Å²) < 4.78 is 0. The van der Waals surface area contributed by atoms with E-state index >= 15 is 0 Å². The number of benzene rings is 2. The zero-order valence-electron chi connectivity index (χ0n) is 18.1. The van der Waals surface area contributed by atoms with Gasteiger partial charge >= 0.3 is 0 Å². The Balaban J connectivity index is 1.44. The maximum absolute atomic E-state index is 12.7. The Labute approximate surface area is 182 Å². The largest absolute Gasteiger partial charge is 0.360 e. The minimum atomic E-state index is -0.318. The monoisotopic (exact) mass is 421 g/mol. The molecule has 0 aromatic heterocycles. The number of nitrogens with zero attached hydrogens (tertiary/aromatic N) is 2. The molecule has 0 spiro atoms. The van der Waals surface area contributed by atoms with Crippen molar-refractivity contribution in [3.05, 3.63) is 59.2 Å². The normalized spacial score (nSPS) is 16.6. The fourth-order valence-electron chi connectivity index (χ4n) is 4.06. The van der Waals surface area contributed by atoms with E-state index in [0.717, 1.165) is 44.7 Å². The second-order valence-corrected chi connectivity index (χ2v) is 8.32. The number of carbonyl (C=O) groups is 3. The number of nitrogens with one attached hydrogen (secondary N) is 2. The third kappa shape index (κ3) is 4.32. The van der Waals surface area contributed by atoms with E-state index in [0.29, 0.717) is 28.9 Å². The summed E-state index contributed by atoms with van der Waals surface area (Å²) in [5, 5.41) is 2.89. The molecule has 0 saturated carbocycles. The first-order valence-corrected chi connectivity index (χ1v) is 11.0. The van der Waals surface area contributed by atoms with Crippen molar-refractivity contribution >= 4 is 29.1 Å². The van der Waals surface area contributed by atoms with Gasteiger partial charge in [0.2, 0.25) is 0 Å². The lowest BCUT2D eigenvalue weighted by atomic mass is 10.1. The zero-order chi connectivity index (χ0) is 22.0. The van der Waals surface area contributed by atoms with Gasteiger partial charge in [-0.2, -0.15) is 0 Å². The molecule has 2 aliphatic heterocycles. The molecular weight excluding hydrogens is 392 g/mol. The first-order chi connectivity index (χ1) is 15.0. The molecule has 0 radical (unpaired) electrons. The van der Waals surface area contributed by atoms with Gasteiger partial charge in [-0.05, 0) is 48.9 Å². The number of fused-ring (bicyclic) bond motifs is 1. The average Bonchev–Trinajstić information content (AvgIpc) is 3.02. The molecule has 0 bridgehead atoms. The highest BCUT2D eigenvalue weighted by Crippen LogP contribution is 2.25. The number of anilines is 2. The van der Waals surface area contributed by atoms with Crippen LogP contribution in [0.15, 0.2) is 42.5 Å². The lowest BCUT2D eigenvalue weighted by Gasteiger charge is -2.31. The van der Waals surface area contributed by atoms with Gasteiger partial charge in [-0.25, -0.2) is 0 Å². The summed E-state index contributed by atoms with van der Waals surface area (Å²) in [5.41, 5.74) is 2.89. The number of unbranched alkanes of at least 4 members (excludes halogenated alkanes) is 1. The maximum atomic E-state index is 12.7. The van der Waals surface area contributed by atoms with Gasteiger partial charge in [0.15, 0.2) is 0 Å². The van der Waals surface area contributed by atoms with Crippen LogP contribution < -0.4 is 15.1 Å². The van der Waals surface area contributed by atoms with E-state index in [1.807, 2.05) is 31.2 Å². The second kappa shape index (κ2) is 8.89. The number of quaternary nitrogens is 1. The minimum Gasteiger partial charge on any atom is -0.360 e. The maximum Gasteiger partial charge on any atom is 0.261 e. The van der Waals surface area contributed by atoms with Gasteiger partial charge < -0.3 is 15.1 Å². The molecule has 1 saturated heterocycles. The third-order valence-electron chi connectivity index (χ3n) is 6.08. The minimum absolute atomic E-state index is 0.276. The number of hydrogen-bond acceptors (Lipinski definition) is 4. The predicted molar refractivity (Wildman–Crippen MR) is 120 cm³/mol. The number of imide groups is 1. The van der Waals surface area contributed by atoms with Crippen LogP contribution in [0.2, 0.25) is 0 Å². The summed E-state index contributed by atoms with van der Waals surface area (Å²) >= 11 is 0. The molecule has 7 heteroatoms. The van der Waals surface area contributed by atoms with E-state index in [-0.39, 0.29) is 17.7 Å². The molecule has 2 aliphatic rings. The Morgan fingerprint density at radius 2 is 1.68 bits per heavy atom. The topological polar surface area (TPSA) is 74.2 Å². The molecule has 2 aromatic rings. The van der Waals surface area contributed by atoms with Gasteiger partial charge in [0.05, 0.1) is 44.4 Å². The summed E-state index contributed by atoms with van der Waals surface area (Å²) in [6, 6.07) is 12.5. The number of rotatable bonds is 6. The Bertz CT molecular complexity index is 994.